The van der Waals surface area contributed by atoms with Gasteiger partial charge in [0.25, 0.3) is 5.91 Å². The van der Waals surface area contributed by atoms with Crippen molar-refractivity contribution in [3.63, 3.8) is 0 Å². The van der Waals surface area contributed by atoms with Crippen molar-refractivity contribution in [3.8, 4) is 28.6 Å². The SMILES string of the molecule is CCOC(=O)c1c(-c2ccc(OC)cc2)oc2ccc(OCc3cn(CCN4C(=O)/C(=N\OC)c5cc(OC)ccc54)nn3)cc12. The van der Waals surface area contributed by atoms with E-state index in [-0.39, 0.29) is 24.8 Å². The monoisotopic (exact) mass is 625 g/mol. The number of fused-ring (bicyclic) bond motifs is 2. The molecule has 0 aliphatic carbocycles. The maximum Gasteiger partial charge on any atom is 0.342 e. The van der Waals surface area contributed by atoms with Crippen LogP contribution in [0, 0.1) is 0 Å². The highest BCUT2D eigenvalue weighted by Gasteiger charge is 2.35. The zero-order valence-corrected chi connectivity index (χ0v) is 25.7. The van der Waals surface area contributed by atoms with Gasteiger partial charge in [-0.05, 0) is 67.6 Å². The van der Waals surface area contributed by atoms with Gasteiger partial charge in [-0.15, -0.1) is 5.10 Å². The van der Waals surface area contributed by atoms with Crippen molar-refractivity contribution in [2.45, 2.75) is 20.1 Å². The lowest BCUT2D eigenvalue weighted by Crippen LogP contribution is -2.33. The fourth-order valence-corrected chi connectivity index (χ4v) is 5.21. The van der Waals surface area contributed by atoms with Crippen molar-refractivity contribution in [2.24, 2.45) is 5.16 Å². The molecule has 0 fully saturated rings. The number of furan rings is 1. The van der Waals surface area contributed by atoms with Crippen LogP contribution in [-0.2, 0) is 27.5 Å². The number of hydrogen-bond acceptors (Lipinski definition) is 11. The van der Waals surface area contributed by atoms with Crippen molar-refractivity contribution in [1.29, 1.82) is 0 Å². The lowest BCUT2D eigenvalue weighted by molar-refractivity contribution is -0.112. The topological polar surface area (TPSA) is 140 Å². The van der Waals surface area contributed by atoms with E-state index in [9.17, 15) is 9.59 Å². The number of esters is 1. The summed E-state index contributed by atoms with van der Waals surface area (Å²) >= 11 is 0. The highest BCUT2D eigenvalue weighted by molar-refractivity contribution is 6.54. The minimum Gasteiger partial charge on any atom is -0.497 e. The van der Waals surface area contributed by atoms with Crippen molar-refractivity contribution in [2.75, 3.05) is 39.4 Å². The maximum absolute atomic E-state index is 13.1. The van der Waals surface area contributed by atoms with Crippen LogP contribution in [0.3, 0.4) is 0 Å². The van der Waals surface area contributed by atoms with Gasteiger partial charge in [0, 0.05) is 23.1 Å². The van der Waals surface area contributed by atoms with Crippen molar-refractivity contribution < 1.29 is 37.8 Å². The fourth-order valence-electron chi connectivity index (χ4n) is 5.21. The standard InChI is InChI=1S/C33H31N5O8/c1-5-44-33(40)29-26-17-24(11-13-28(26)46-31(29)20-6-8-22(41-2)9-7-20)45-19-21-18-37(36-34-21)14-15-38-27-12-10-23(42-3)16-25(27)30(32(38)39)35-43-4/h6-13,16-18H,5,14-15,19H2,1-4H3/b35-30-. The van der Waals surface area contributed by atoms with Crippen LogP contribution in [0.2, 0.25) is 0 Å². The van der Waals surface area contributed by atoms with Crippen LogP contribution in [0.4, 0.5) is 5.69 Å². The summed E-state index contributed by atoms with van der Waals surface area (Å²) < 4.78 is 29.7. The van der Waals surface area contributed by atoms with Gasteiger partial charge >= 0.3 is 5.97 Å². The second-order valence-electron chi connectivity index (χ2n) is 10.1. The van der Waals surface area contributed by atoms with Crippen LogP contribution in [-0.4, -0.2) is 67.1 Å². The normalized spacial score (nSPS) is 13.3. The molecule has 1 aliphatic heterocycles. The molecule has 236 valence electrons. The molecule has 0 saturated carbocycles. The van der Waals surface area contributed by atoms with Crippen LogP contribution in [0.25, 0.3) is 22.3 Å². The van der Waals surface area contributed by atoms with Crippen LogP contribution in [0.1, 0.15) is 28.5 Å². The number of oxime groups is 1. The summed E-state index contributed by atoms with van der Waals surface area (Å²) in [6.07, 6.45) is 1.75. The Bertz CT molecular complexity index is 1930. The van der Waals surface area contributed by atoms with Gasteiger partial charge in [0.1, 0.15) is 53.6 Å². The van der Waals surface area contributed by atoms with Crippen molar-refractivity contribution in [1.82, 2.24) is 15.0 Å². The molecule has 6 rings (SSSR count). The second-order valence-corrected chi connectivity index (χ2v) is 10.1. The van der Waals surface area contributed by atoms with E-state index >= 15 is 0 Å². The van der Waals surface area contributed by atoms with E-state index in [0.29, 0.717) is 75.1 Å². The average Bonchev–Trinajstić information content (AvgIpc) is 3.77. The Morgan fingerprint density at radius 1 is 0.935 bits per heavy atom. The summed E-state index contributed by atoms with van der Waals surface area (Å²) in [4.78, 5) is 32.7. The molecule has 3 aromatic carbocycles. The van der Waals surface area contributed by atoms with E-state index in [4.69, 9.17) is 28.2 Å². The Hall–Kier alpha value is -5.85. The van der Waals surface area contributed by atoms with Gasteiger partial charge in [-0.2, -0.15) is 0 Å². The van der Waals surface area contributed by atoms with Gasteiger partial charge in [0.15, 0.2) is 5.71 Å². The summed E-state index contributed by atoms with van der Waals surface area (Å²) in [7, 11) is 4.55. The molecule has 0 saturated heterocycles. The number of amides is 1. The van der Waals surface area contributed by atoms with E-state index in [1.165, 1.54) is 7.11 Å². The third-order valence-electron chi connectivity index (χ3n) is 7.40. The number of hydrogen-bond donors (Lipinski definition) is 0. The highest BCUT2D eigenvalue weighted by Crippen LogP contribution is 2.37. The fraction of sp³-hybridized carbons (Fsp3) is 0.242. The Balaban J connectivity index is 1.16. The summed E-state index contributed by atoms with van der Waals surface area (Å²) in [6.45, 7) is 2.80. The molecule has 0 N–H and O–H groups in total. The molecule has 0 atom stereocenters. The number of benzene rings is 3. The van der Waals surface area contributed by atoms with Gasteiger partial charge in [0.2, 0.25) is 0 Å². The number of rotatable bonds is 12. The van der Waals surface area contributed by atoms with E-state index in [1.807, 2.05) is 18.2 Å². The zero-order valence-electron chi connectivity index (χ0n) is 25.7. The third kappa shape index (κ3) is 5.82. The first-order chi connectivity index (χ1) is 22.4. The molecule has 5 aromatic rings. The summed E-state index contributed by atoms with van der Waals surface area (Å²) in [5.41, 5.74) is 3.67. The first-order valence-corrected chi connectivity index (χ1v) is 14.4. The van der Waals surface area contributed by atoms with Crippen LogP contribution in [0.5, 0.6) is 17.2 Å². The molecule has 13 heteroatoms. The zero-order chi connectivity index (χ0) is 32.2. The third-order valence-corrected chi connectivity index (χ3v) is 7.40. The van der Waals surface area contributed by atoms with Crippen molar-refractivity contribution in [3.05, 3.63) is 83.7 Å². The van der Waals surface area contributed by atoms with E-state index in [2.05, 4.69) is 15.5 Å². The van der Waals surface area contributed by atoms with Gasteiger partial charge in [-0.3, -0.25) is 9.48 Å². The predicted octanol–water partition coefficient (Wildman–Crippen LogP) is 4.86. The number of ether oxygens (including phenoxy) is 4. The van der Waals surface area contributed by atoms with Gasteiger partial charge in [-0.25, -0.2) is 4.79 Å². The molecule has 2 aromatic heterocycles. The lowest BCUT2D eigenvalue weighted by atomic mass is 10.1. The average molecular weight is 626 g/mol. The summed E-state index contributed by atoms with van der Waals surface area (Å²) in [6, 6.07) is 17.8. The number of nitrogens with zero attached hydrogens (tertiary/aromatic N) is 5. The molecule has 1 aliphatic rings. The first-order valence-electron chi connectivity index (χ1n) is 14.4. The number of methoxy groups -OCH3 is 2. The van der Waals surface area contributed by atoms with E-state index in [1.54, 1.807) is 79.4 Å². The van der Waals surface area contributed by atoms with Gasteiger partial charge in [-0.1, -0.05) is 10.4 Å². The maximum atomic E-state index is 13.1. The molecule has 46 heavy (non-hydrogen) atoms. The quantitative estimate of drug-likeness (QED) is 0.139. The Morgan fingerprint density at radius 2 is 1.70 bits per heavy atom. The van der Waals surface area contributed by atoms with E-state index < -0.39 is 5.97 Å². The highest BCUT2D eigenvalue weighted by atomic mass is 16.6. The van der Waals surface area contributed by atoms with Gasteiger partial charge < -0.3 is 33.1 Å². The molecular weight excluding hydrogens is 594 g/mol. The van der Waals surface area contributed by atoms with Crippen LogP contribution < -0.4 is 19.1 Å². The molecule has 0 bridgehead atoms. The minimum absolute atomic E-state index is 0.124. The Labute approximate surface area is 263 Å². The summed E-state index contributed by atoms with van der Waals surface area (Å²) in [5.74, 6) is 1.43. The largest absolute Gasteiger partial charge is 0.497 e. The first kappa shape index (κ1) is 30.2. The summed E-state index contributed by atoms with van der Waals surface area (Å²) in [5, 5.41) is 12.9. The second kappa shape index (κ2) is 13.0. The molecular formula is C33H31N5O8. The van der Waals surface area contributed by atoms with Gasteiger partial charge in [0.05, 0.1) is 39.3 Å². The Kier molecular flexibility index (Phi) is 8.55. The number of carbonyl (C=O) groups is 2. The Morgan fingerprint density at radius 3 is 2.43 bits per heavy atom. The minimum atomic E-state index is -0.494. The number of aromatic nitrogens is 3. The predicted molar refractivity (Wildman–Crippen MR) is 167 cm³/mol. The van der Waals surface area contributed by atoms with E-state index in [0.717, 1.165) is 0 Å². The van der Waals surface area contributed by atoms with Crippen LogP contribution >= 0.6 is 0 Å². The smallest absolute Gasteiger partial charge is 0.342 e. The van der Waals surface area contributed by atoms with Crippen molar-refractivity contribution >= 4 is 34.2 Å². The number of anilines is 1. The molecule has 1 amide bonds. The van der Waals surface area contributed by atoms with Crippen LogP contribution in [0.15, 0.2) is 76.4 Å². The molecule has 0 spiro atoms. The molecule has 3 heterocycles. The molecule has 13 nitrogen and oxygen atoms in total. The molecule has 0 unspecified atom stereocenters. The molecule has 0 radical (unpaired) electrons. The lowest BCUT2D eigenvalue weighted by Gasteiger charge is -2.16. The number of carbonyl (C=O) groups excluding carboxylic acids is 2.